The number of rotatable bonds is 7. The quantitative estimate of drug-likeness (QED) is 0.734. The first kappa shape index (κ1) is 16.8. The highest BCUT2D eigenvalue weighted by Gasteiger charge is 2.44. The number of ether oxygens (including phenoxy) is 3. The van der Waals surface area contributed by atoms with Gasteiger partial charge in [0.05, 0.1) is 13.7 Å². The summed E-state index contributed by atoms with van der Waals surface area (Å²) in [7, 11) is 1.46. The summed E-state index contributed by atoms with van der Waals surface area (Å²) in [6.07, 6.45) is 1.82. The zero-order valence-corrected chi connectivity index (χ0v) is 12.8. The van der Waals surface area contributed by atoms with E-state index in [9.17, 15) is 14.7 Å². The predicted octanol–water partition coefficient (Wildman–Crippen LogP) is 1.23. The lowest BCUT2D eigenvalue weighted by Crippen LogP contribution is -2.55. The summed E-state index contributed by atoms with van der Waals surface area (Å²) in [5.74, 6) is -0.764. The Kier molecular flexibility index (Phi) is 5.23. The molecule has 0 aromatic heterocycles. The van der Waals surface area contributed by atoms with Crippen molar-refractivity contribution in [3.8, 4) is 11.5 Å². The van der Waals surface area contributed by atoms with E-state index in [1.54, 1.807) is 18.2 Å². The Hall–Kier alpha value is -2.54. The summed E-state index contributed by atoms with van der Waals surface area (Å²) in [5, 5.41) is 11.9. The average Bonchev–Trinajstić information content (AvgIpc) is 3.02. The van der Waals surface area contributed by atoms with E-state index < -0.39 is 17.4 Å². The number of carboxylic acids is 1. The van der Waals surface area contributed by atoms with Crippen LogP contribution < -0.4 is 14.8 Å². The molecule has 124 valence electrons. The molecule has 7 heteroatoms. The second-order valence-electron chi connectivity index (χ2n) is 5.11. The van der Waals surface area contributed by atoms with Gasteiger partial charge >= 0.3 is 5.97 Å². The number of hydrogen-bond acceptors (Lipinski definition) is 5. The molecule has 1 aromatic rings. The molecular formula is C16H19NO6. The number of hydrogen-bond donors (Lipinski definition) is 2. The van der Waals surface area contributed by atoms with Crippen LogP contribution in [-0.2, 0) is 9.53 Å². The predicted molar refractivity (Wildman–Crippen MR) is 82.0 cm³/mol. The van der Waals surface area contributed by atoms with Crippen molar-refractivity contribution in [2.75, 3.05) is 26.9 Å². The Morgan fingerprint density at radius 1 is 1.48 bits per heavy atom. The summed E-state index contributed by atoms with van der Waals surface area (Å²) in [6, 6.07) is 4.64. The highest BCUT2D eigenvalue weighted by molar-refractivity contribution is 5.98. The Labute approximate surface area is 133 Å². The molecule has 23 heavy (non-hydrogen) atoms. The lowest BCUT2D eigenvalue weighted by Gasteiger charge is -2.23. The Bertz CT molecular complexity index is 607. The van der Waals surface area contributed by atoms with Crippen molar-refractivity contribution in [2.24, 2.45) is 0 Å². The monoisotopic (exact) mass is 321 g/mol. The molecule has 0 aliphatic carbocycles. The van der Waals surface area contributed by atoms with Crippen LogP contribution in [0.15, 0.2) is 30.9 Å². The minimum atomic E-state index is -1.39. The molecule has 0 bridgehead atoms. The highest BCUT2D eigenvalue weighted by atomic mass is 16.5. The third-order valence-electron chi connectivity index (χ3n) is 3.57. The Balaban J connectivity index is 2.19. The third kappa shape index (κ3) is 3.62. The largest absolute Gasteiger partial charge is 0.493 e. The first-order chi connectivity index (χ1) is 11.0. The van der Waals surface area contributed by atoms with Crippen molar-refractivity contribution < 1.29 is 28.9 Å². The van der Waals surface area contributed by atoms with Crippen molar-refractivity contribution in [3.63, 3.8) is 0 Å². The standard InChI is InChI=1S/C16H19NO6/c1-3-7-23-12-5-4-11(9-13(12)21-2)14(18)17-16(15(19)20)6-8-22-10-16/h3-5,9H,1,6-8,10H2,2H3,(H,17,18)(H,19,20). The molecule has 1 aromatic carbocycles. The van der Waals surface area contributed by atoms with Crippen LogP contribution in [0, 0.1) is 0 Å². The average molecular weight is 321 g/mol. The second-order valence-corrected chi connectivity index (χ2v) is 5.11. The van der Waals surface area contributed by atoms with Gasteiger partial charge in [0, 0.05) is 18.6 Å². The van der Waals surface area contributed by atoms with Crippen LogP contribution in [0.1, 0.15) is 16.8 Å². The van der Waals surface area contributed by atoms with E-state index in [1.165, 1.54) is 13.2 Å². The Morgan fingerprint density at radius 2 is 2.26 bits per heavy atom. The summed E-state index contributed by atoms with van der Waals surface area (Å²) in [6.45, 7) is 4.11. The number of carboxylic acid groups (broad SMARTS) is 1. The maximum absolute atomic E-state index is 12.4. The topological polar surface area (TPSA) is 94.1 Å². The molecule has 0 saturated carbocycles. The lowest BCUT2D eigenvalue weighted by atomic mass is 9.98. The van der Waals surface area contributed by atoms with Crippen LogP contribution in [0.4, 0.5) is 0 Å². The third-order valence-corrected chi connectivity index (χ3v) is 3.57. The molecule has 0 spiro atoms. The normalized spacial score (nSPS) is 19.9. The van der Waals surface area contributed by atoms with Crippen molar-refractivity contribution in [3.05, 3.63) is 36.4 Å². The summed E-state index contributed by atoms with van der Waals surface area (Å²) in [4.78, 5) is 23.8. The summed E-state index contributed by atoms with van der Waals surface area (Å²) < 4.78 is 15.7. The molecule has 1 unspecified atom stereocenters. The fourth-order valence-electron chi connectivity index (χ4n) is 2.25. The van der Waals surface area contributed by atoms with Crippen molar-refractivity contribution in [1.82, 2.24) is 5.32 Å². The molecule has 2 N–H and O–H groups in total. The van der Waals surface area contributed by atoms with Gasteiger partial charge in [0.15, 0.2) is 17.0 Å². The first-order valence-corrected chi connectivity index (χ1v) is 7.08. The van der Waals surface area contributed by atoms with E-state index in [4.69, 9.17) is 14.2 Å². The van der Waals surface area contributed by atoms with E-state index in [0.29, 0.717) is 24.7 Å². The van der Waals surface area contributed by atoms with Crippen LogP contribution in [0.5, 0.6) is 11.5 Å². The molecular weight excluding hydrogens is 302 g/mol. The van der Waals surface area contributed by atoms with Gasteiger partial charge in [-0.3, -0.25) is 4.79 Å². The van der Waals surface area contributed by atoms with Gasteiger partial charge in [-0.05, 0) is 18.2 Å². The van der Waals surface area contributed by atoms with Crippen molar-refractivity contribution in [1.29, 1.82) is 0 Å². The second kappa shape index (κ2) is 7.15. The van der Waals surface area contributed by atoms with E-state index >= 15 is 0 Å². The van der Waals surface area contributed by atoms with Gasteiger partial charge in [-0.1, -0.05) is 12.7 Å². The van der Waals surface area contributed by atoms with Gasteiger partial charge < -0.3 is 24.6 Å². The smallest absolute Gasteiger partial charge is 0.331 e. The highest BCUT2D eigenvalue weighted by Crippen LogP contribution is 2.28. The van der Waals surface area contributed by atoms with Crippen molar-refractivity contribution in [2.45, 2.75) is 12.0 Å². The zero-order valence-electron chi connectivity index (χ0n) is 12.8. The Morgan fingerprint density at radius 3 is 2.83 bits per heavy atom. The minimum absolute atomic E-state index is 0.0499. The van der Waals surface area contributed by atoms with Crippen LogP contribution in [0.25, 0.3) is 0 Å². The molecule has 1 aliphatic rings. The van der Waals surface area contributed by atoms with Gasteiger partial charge in [0.25, 0.3) is 5.91 Å². The molecule has 1 heterocycles. The van der Waals surface area contributed by atoms with Crippen LogP contribution in [0.3, 0.4) is 0 Å². The lowest BCUT2D eigenvalue weighted by molar-refractivity contribution is -0.144. The maximum atomic E-state index is 12.4. The number of carbonyl (C=O) groups is 2. The van der Waals surface area contributed by atoms with Gasteiger partial charge in [-0.15, -0.1) is 0 Å². The molecule has 0 radical (unpaired) electrons. The van der Waals surface area contributed by atoms with Gasteiger partial charge in [0.2, 0.25) is 0 Å². The molecule has 7 nitrogen and oxygen atoms in total. The van der Waals surface area contributed by atoms with Crippen molar-refractivity contribution >= 4 is 11.9 Å². The van der Waals surface area contributed by atoms with Crippen LogP contribution in [0.2, 0.25) is 0 Å². The van der Waals surface area contributed by atoms with E-state index in [-0.39, 0.29) is 18.6 Å². The molecule has 1 atom stereocenters. The summed E-state index contributed by atoms with van der Waals surface area (Å²) in [5.41, 5.74) is -1.11. The molecule has 1 fully saturated rings. The fraction of sp³-hybridized carbons (Fsp3) is 0.375. The molecule has 2 rings (SSSR count). The molecule has 1 saturated heterocycles. The first-order valence-electron chi connectivity index (χ1n) is 7.08. The number of amides is 1. The summed E-state index contributed by atoms with van der Waals surface area (Å²) >= 11 is 0. The maximum Gasteiger partial charge on any atom is 0.331 e. The number of carbonyl (C=O) groups excluding carboxylic acids is 1. The van der Waals surface area contributed by atoms with Crippen LogP contribution >= 0.6 is 0 Å². The SMILES string of the molecule is C=CCOc1ccc(C(=O)NC2(C(=O)O)CCOC2)cc1OC. The number of nitrogens with one attached hydrogen (secondary N) is 1. The number of aliphatic carboxylic acids is 1. The van der Waals surface area contributed by atoms with E-state index in [1.807, 2.05) is 0 Å². The minimum Gasteiger partial charge on any atom is -0.493 e. The number of benzene rings is 1. The molecule has 1 aliphatic heterocycles. The van der Waals surface area contributed by atoms with Gasteiger partial charge in [0.1, 0.15) is 6.61 Å². The van der Waals surface area contributed by atoms with E-state index in [0.717, 1.165) is 0 Å². The number of methoxy groups -OCH3 is 1. The molecule has 1 amide bonds. The zero-order chi connectivity index (χ0) is 16.9. The van der Waals surface area contributed by atoms with Gasteiger partial charge in [-0.25, -0.2) is 4.79 Å². The van der Waals surface area contributed by atoms with Gasteiger partial charge in [-0.2, -0.15) is 0 Å². The van der Waals surface area contributed by atoms with E-state index in [2.05, 4.69) is 11.9 Å². The van der Waals surface area contributed by atoms with Crippen LogP contribution in [-0.4, -0.2) is 49.5 Å². The fourth-order valence-corrected chi connectivity index (χ4v) is 2.25.